The van der Waals surface area contributed by atoms with Gasteiger partial charge in [0.05, 0.1) is 13.0 Å². The lowest BCUT2D eigenvalue weighted by atomic mass is 9.96. The second kappa shape index (κ2) is 33.2. The average molecular weight is 1050 g/mol. The van der Waals surface area contributed by atoms with Crippen LogP contribution in [-0.4, -0.2) is 79.7 Å². The fourth-order valence-corrected chi connectivity index (χ4v) is 11.1. The van der Waals surface area contributed by atoms with Gasteiger partial charge in [-0.15, -0.1) is 0 Å². The molecule has 0 saturated carbocycles. The number of aliphatic hydroxyl groups excluding tert-OH is 2. The summed E-state index contributed by atoms with van der Waals surface area (Å²) in [6, 6.07) is 29.1. The molecule has 1 aliphatic rings. The summed E-state index contributed by atoms with van der Waals surface area (Å²) in [5, 5.41) is 31.1. The van der Waals surface area contributed by atoms with E-state index in [9.17, 15) is 24.6 Å². The number of rotatable bonds is 36. The molecule has 1 unspecified atom stereocenters. The lowest BCUT2D eigenvalue weighted by molar-refractivity contribution is -0.258. The zero-order valence-electron chi connectivity index (χ0n) is 47.1. The van der Waals surface area contributed by atoms with Crippen molar-refractivity contribution in [3.8, 4) is 0 Å². The number of esters is 2. The monoisotopic (exact) mass is 1050 g/mol. The molecule has 0 aliphatic carbocycles. The number of fused-ring (bicyclic) bond motifs is 2. The van der Waals surface area contributed by atoms with E-state index >= 15 is 0 Å². The van der Waals surface area contributed by atoms with E-state index < -0.39 is 56.9 Å². The maximum atomic E-state index is 14.0. The van der Waals surface area contributed by atoms with Crippen molar-refractivity contribution in [2.75, 3.05) is 6.61 Å². The number of aliphatic hydroxyl groups is 2. The Kier molecular flexibility index (Phi) is 27.3. The highest BCUT2D eigenvalue weighted by Crippen LogP contribution is 2.37. The first-order chi connectivity index (χ1) is 36.1. The molecule has 1 fully saturated rings. The minimum Gasteiger partial charge on any atom is -0.462 e. The molecular weight excluding hydrogens is 955 g/mol. The summed E-state index contributed by atoms with van der Waals surface area (Å²) in [7, 11) is -2.29. The molecule has 11 heteroatoms. The molecule has 3 N–H and O–H groups in total. The van der Waals surface area contributed by atoms with Gasteiger partial charge in [-0.25, -0.2) is 0 Å². The van der Waals surface area contributed by atoms with Gasteiger partial charge in [0.2, 0.25) is 5.91 Å². The van der Waals surface area contributed by atoms with E-state index in [0.717, 1.165) is 109 Å². The molecule has 10 nitrogen and oxygen atoms in total. The SMILES string of the molecule is CCCCCCCCCCC[C@@H](CC(=O)N[C@H]1C(O)O[C@H](CO[Si](C)(C)C(C)(C)C)[C@@H](O)[C@@H]1OC(=O)CCCCCCCCc1ccc2ccccc2c1)OC(=O)CCCCCCCCc1ccc2ccccc2c1. The van der Waals surface area contributed by atoms with E-state index in [-0.39, 0.29) is 36.9 Å². The van der Waals surface area contributed by atoms with E-state index in [4.69, 9.17) is 18.6 Å². The second-order valence-electron chi connectivity index (χ2n) is 23.2. The predicted molar refractivity (Wildman–Crippen MR) is 308 cm³/mol. The van der Waals surface area contributed by atoms with Crippen LogP contribution in [0.25, 0.3) is 21.5 Å². The van der Waals surface area contributed by atoms with Gasteiger partial charge in [0, 0.05) is 12.8 Å². The number of hydrogen-bond acceptors (Lipinski definition) is 9. The largest absolute Gasteiger partial charge is 0.462 e. The molecule has 1 aliphatic heterocycles. The Morgan fingerprint density at radius 3 is 1.60 bits per heavy atom. The number of aryl methyl sites for hydroxylation is 2. The molecule has 1 amide bonds. The molecule has 5 rings (SSSR count). The highest BCUT2D eigenvalue weighted by molar-refractivity contribution is 6.74. The van der Waals surface area contributed by atoms with Crippen molar-refractivity contribution in [2.24, 2.45) is 0 Å². The molecule has 6 atom stereocenters. The van der Waals surface area contributed by atoms with Crippen molar-refractivity contribution in [3.05, 3.63) is 96.1 Å². The average Bonchev–Trinajstić information content (AvgIpc) is 3.38. The van der Waals surface area contributed by atoms with Gasteiger partial charge in [0.15, 0.2) is 20.7 Å². The van der Waals surface area contributed by atoms with E-state index in [1.807, 2.05) is 0 Å². The lowest BCUT2D eigenvalue weighted by Crippen LogP contribution is -2.65. The molecule has 4 aromatic rings. The summed E-state index contributed by atoms with van der Waals surface area (Å²) in [6.07, 6.45) is 19.2. The van der Waals surface area contributed by atoms with Crippen LogP contribution < -0.4 is 5.32 Å². The van der Waals surface area contributed by atoms with Gasteiger partial charge in [-0.2, -0.15) is 0 Å². The number of unbranched alkanes of at least 4 members (excludes halogenated alkanes) is 18. The van der Waals surface area contributed by atoms with Crippen LogP contribution >= 0.6 is 0 Å². The van der Waals surface area contributed by atoms with Crippen LogP contribution in [0.4, 0.5) is 0 Å². The number of carbonyl (C=O) groups is 3. The maximum Gasteiger partial charge on any atom is 0.306 e. The molecule has 0 bridgehead atoms. The van der Waals surface area contributed by atoms with Crippen molar-refractivity contribution in [2.45, 2.75) is 256 Å². The van der Waals surface area contributed by atoms with Crippen LogP contribution in [0.5, 0.6) is 0 Å². The summed E-state index contributed by atoms with van der Waals surface area (Å²) >= 11 is 0. The summed E-state index contributed by atoms with van der Waals surface area (Å²) in [5.74, 6) is -1.30. The standard InChI is InChI=1S/C64H97NO9Si/c1-7-8-9-10-11-12-13-20-25-38-55(72-58(67)39-26-21-16-14-18-23-32-49-41-43-51-34-28-30-36-53(51)45-49)47-57(66)65-60-62(61(69)56(73-63(60)70)48-71-75(5,6)64(2,3)4)74-59(68)40-27-22-17-15-19-24-33-50-42-44-52-35-29-31-37-54(52)46-50/h28-31,34-37,41-46,55-56,60-63,69-70H,7-27,32-33,38-40,47-48H2,1-6H3,(H,65,66)/t55-,56+,60+,61+,62+,63?/m0/s1. The fourth-order valence-electron chi connectivity index (χ4n) is 10.1. The van der Waals surface area contributed by atoms with Crippen molar-refractivity contribution in [1.82, 2.24) is 5.32 Å². The number of nitrogens with one attached hydrogen (secondary N) is 1. The summed E-state index contributed by atoms with van der Waals surface area (Å²) in [5.41, 5.74) is 2.72. The highest BCUT2D eigenvalue weighted by atomic mass is 28.4. The predicted octanol–water partition coefficient (Wildman–Crippen LogP) is 15.0. The summed E-state index contributed by atoms with van der Waals surface area (Å²) < 4.78 is 24.4. The van der Waals surface area contributed by atoms with Gasteiger partial charge in [0.25, 0.3) is 0 Å². The molecule has 4 aromatic carbocycles. The van der Waals surface area contributed by atoms with Crippen molar-refractivity contribution in [3.63, 3.8) is 0 Å². The van der Waals surface area contributed by atoms with Gasteiger partial charge < -0.3 is 34.2 Å². The zero-order valence-corrected chi connectivity index (χ0v) is 48.1. The minimum atomic E-state index is -2.29. The first-order valence-electron chi connectivity index (χ1n) is 29.4. The van der Waals surface area contributed by atoms with Crippen LogP contribution in [0.1, 0.15) is 199 Å². The van der Waals surface area contributed by atoms with Crippen molar-refractivity contribution in [1.29, 1.82) is 0 Å². The molecule has 0 spiro atoms. The van der Waals surface area contributed by atoms with Crippen LogP contribution in [0.3, 0.4) is 0 Å². The van der Waals surface area contributed by atoms with E-state index in [1.165, 1.54) is 64.8 Å². The van der Waals surface area contributed by atoms with E-state index in [0.29, 0.717) is 12.8 Å². The number of benzene rings is 4. The Hall–Kier alpha value is -4.13. The number of amides is 1. The highest BCUT2D eigenvalue weighted by Gasteiger charge is 2.49. The molecule has 416 valence electrons. The van der Waals surface area contributed by atoms with Gasteiger partial charge in [-0.05, 0) is 102 Å². The van der Waals surface area contributed by atoms with Gasteiger partial charge in [-0.3, -0.25) is 14.4 Å². The van der Waals surface area contributed by atoms with Gasteiger partial charge in [0.1, 0.15) is 24.4 Å². The Bertz CT molecular complexity index is 2280. The molecular formula is C64H97NO9Si. The van der Waals surface area contributed by atoms with Crippen LogP contribution in [0, 0.1) is 0 Å². The fraction of sp³-hybridized carbons (Fsp3) is 0.641. The smallest absolute Gasteiger partial charge is 0.306 e. The molecule has 0 radical (unpaired) electrons. The summed E-state index contributed by atoms with van der Waals surface area (Å²) in [6.45, 7) is 12.8. The molecule has 1 heterocycles. The zero-order chi connectivity index (χ0) is 53.9. The number of carbonyl (C=O) groups excluding carboxylic acids is 3. The van der Waals surface area contributed by atoms with Crippen LogP contribution in [0.15, 0.2) is 84.9 Å². The maximum absolute atomic E-state index is 14.0. The Balaban J connectivity index is 1.10. The first-order valence-corrected chi connectivity index (χ1v) is 32.3. The third-order valence-electron chi connectivity index (χ3n) is 15.9. The van der Waals surface area contributed by atoms with Crippen molar-refractivity contribution < 1.29 is 43.2 Å². The van der Waals surface area contributed by atoms with Crippen LogP contribution in [0.2, 0.25) is 18.1 Å². The third kappa shape index (κ3) is 22.4. The summed E-state index contributed by atoms with van der Waals surface area (Å²) in [4.78, 5) is 40.8. The molecule has 75 heavy (non-hydrogen) atoms. The van der Waals surface area contributed by atoms with E-state index in [1.54, 1.807) is 0 Å². The van der Waals surface area contributed by atoms with Crippen LogP contribution in [-0.2, 0) is 45.9 Å². The number of hydrogen-bond donors (Lipinski definition) is 3. The normalized spacial score (nSPS) is 18.5. The molecule has 1 saturated heterocycles. The second-order valence-corrected chi connectivity index (χ2v) is 28.0. The third-order valence-corrected chi connectivity index (χ3v) is 20.4. The first kappa shape index (κ1) is 61.7. The minimum absolute atomic E-state index is 0.00680. The number of ether oxygens (including phenoxy) is 3. The lowest BCUT2D eigenvalue weighted by Gasteiger charge is -2.44. The quantitative estimate of drug-likeness (QED) is 0.0231. The van der Waals surface area contributed by atoms with Gasteiger partial charge in [-0.1, -0.05) is 215 Å². The molecule has 0 aromatic heterocycles. The Labute approximate surface area is 452 Å². The topological polar surface area (TPSA) is 141 Å². The Morgan fingerprint density at radius 2 is 1.08 bits per heavy atom. The van der Waals surface area contributed by atoms with Gasteiger partial charge >= 0.3 is 11.9 Å². The van der Waals surface area contributed by atoms with E-state index in [2.05, 4.69) is 131 Å². The van der Waals surface area contributed by atoms with Crippen molar-refractivity contribution >= 4 is 47.7 Å². The Morgan fingerprint density at radius 1 is 0.613 bits per heavy atom.